The predicted octanol–water partition coefficient (Wildman–Crippen LogP) is 4.44. The van der Waals surface area contributed by atoms with Crippen LogP contribution in [-0.4, -0.2) is 36.4 Å². The zero-order valence-corrected chi connectivity index (χ0v) is 19.3. The number of aliphatic carboxylic acids is 1. The molecule has 0 radical (unpaired) electrons. The van der Waals surface area contributed by atoms with Crippen LogP contribution in [0.15, 0.2) is 18.2 Å². The van der Waals surface area contributed by atoms with Crippen LogP contribution in [0.1, 0.15) is 77.3 Å². The predicted molar refractivity (Wildman–Crippen MR) is 119 cm³/mol. The van der Waals surface area contributed by atoms with Gasteiger partial charge in [0, 0.05) is 17.9 Å². The summed E-state index contributed by atoms with van der Waals surface area (Å²) >= 11 is 0. The third kappa shape index (κ3) is 5.22. The molecule has 31 heavy (non-hydrogen) atoms. The molecule has 3 aliphatic rings. The summed E-state index contributed by atoms with van der Waals surface area (Å²) in [6.07, 6.45) is 7.90. The van der Waals surface area contributed by atoms with Crippen molar-refractivity contribution in [3.05, 3.63) is 29.3 Å². The van der Waals surface area contributed by atoms with Crippen molar-refractivity contribution in [2.75, 3.05) is 13.3 Å². The average Bonchev–Trinajstić information content (AvgIpc) is 2.73. The number of rotatable bonds is 4. The van der Waals surface area contributed by atoms with Crippen LogP contribution in [-0.2, 0) is 26.2 Å². The van der Waals surface area contributed by atoms with Crippen molar-refractivity contribution in [1.82, 2.24) is 5.32 Å². The van der Waals surface area contributed by atoms with Crippen molar-refractivity contribution in [2.45, 2.75) is 84.1 Å². The van der Waals surface area contributed by atoms with E-state index in [1.165, 1.54) is 43.2 Å². The van der Waals surface area contributed by atoms with E-state index < -0.39 is 11.4 Å². The number of hydrogen-bond donors (Lipinski definition) is 2. The van der Waals surface area contributed by atoms with Crippen LogP contribution in [0.4, 0.5) is 0 Å². The first-order valence-electron chi connectivity index (χ1n) is 11.6. The minimum atomic E-state index is -0.745. The minimum Gasteiger partial charge on any atom is -0.481 e. The maximum absolute atomic E-state index is 11.9. The molecule has 0 aromatic heterocycles. The van der Waals surface area contributed by atoms with Gasteiger partial charge in [0.25, 0.3) is 0 Å². The van der Waals surface area contributed by atoms with Gasteiger partial charge >= 0.3 is 11.9 Å². The summed E-state index contributed by atoms with van der Waals surface area (Å²) in [6, 6.07) is 7.12. The number of nitrogens with one attached hydrogen (secondary N) is 1. The van der Waals surface area contributed by atoms with Gasteiger partial charge in [-0.3, -0.25) is 9.59 Å². The Balaban J connectivity index is 0.000000491. The molecule has 4 rings (SSSR count). The van der Waals surface area contributed by atoms with E-state index in [1.54, 1.807) is 6.92 Å². The number of carbonyl (C=O) groups is 2. The molecule has 1 aromatic carbocycles. The molecule has 1 aliphatic heterocycles. The van der Waals surface area contributed by atoms with Crippen molar-refractivity contribution < 1.29 is 24.2 Å². The first-order valence-corrected chi connectivity index (χ1v) is 11.6. The van der Waals surface area contributed by atoms with Crippen molar-refractivity contribution in [2.24, 2.45) is 11.3 Å². The molecule has 2 fully saturated rings. The second-order valence-corrected chi connectivity index (χ2v) is 10.0. The highest BCUT2D eigenvalue weighted by Crippen LogP contribution is 2.54. The van der Waals surface area contributed by atoms with Crippen LogP contribution in [0, 0.1) is 11.3 Å². The molecule has 1 saturated carbocycles. The molecule has 0 spiro atoms. The third-order valence-corrected chi connectivity index (χ3v) is 6.95. The van der Waals surface area contributed by atoms with Crippen LogP contribution < -0.4 is 10.1 Å². The Morgan fingerprint density at radius 2 is 1.97 bits per heavy atom. The Morgan fingerprint density at radius 1 is 1.23 bits per heavy atom. The van der Waals surface area contributed by atoms with Crippen molar-refractivity contribution in [1.29, 1.82) is 0 Å². The van der Waals surface area contributed by atoms with Gasteiger partial charge < -0.3 is 19.9 Å². The summed E-state index contributed by atoms with van der Waals surface area (Å²) in [7, 11) is 0. The quantitative estimate of drug-likeness (QED) is 0.542. The molecular formula is C25H37NO5. The number of ether oxygens (including phenoxy) is 2. The Bertz CT molecular complexity index is 796. The SMILES string of the molecule is CC(C)(C)C(=O)OCOc1ccc2c(c1)[C@]13CCCC[C@@H]1[C@H](C2)NCC3.CCC(=O)O. The maximum atomic E-state index is 11.9. The number of benzene rings is 1. The molecular weight excluding hydrogens is 394 g/mol. The van der Waals surface area contributed by atoms with Gasteiger partial charge in [-0.1, -0.05) is 25.8 Å². The normalized spacial score (nSPS) is 26.5. The van der Waals surface area contributed by atoms with Gasteiger partial charge in [0.15, 0.2) is 0 Å². The first-order chi connectivity index (χ1) is 14.7. The number of piperidine rings is 1. The monoisotopic (exact) mass is 431 g/mol. The lowest BCUT2D eigenvalue weighted by atomic mass is 9.53. The fraction of sp³-hybridized carbons (Fsp3) is 0.680. The molecule has 2 N–H and O–H groups in total. The zero-order chi connectivity index (χ0) is 22.6. The van der Waals surface area contributed by atoms with E-state index >= 15 is 0 Å². The van der Waals surface area contributed by atoms with E-state index in [0.717, 1.165) is 24.6 Å². The van der Waals surface area contributed by atoms with Gasteiger partial charge in [0.05, 0.1) is 5.41 Å². The number of esters is 1. The van der Waals surface area contributed by atoms with Crippen molar-refractivity contribution >= 4 is 11.9 Å². The van der Waals surface area contributed by atoms with Crippen LogP contribution in [0.3, 0.4) is 0 Å². The largest absolute Gasteiger partial charge is 0.481 e. The Labute approximate surface area is 185 Å². The summed E-state index contributed by atoms with van der Waals surface area (Å²) < 4.78 is 11.1. The van der Waals surface area contributed by atoms with Crippen LogP contribution in [0.5, 0.6) is 5.75 Å². The minimum absolute atomic E-state index is 0.0184. The summed E-state index contributed by atoms with van der Waals surface area (Å²) in [5.41, 5.74) is 2.79. The molecule has 172 valence electrons. The Kier molecular flexibility index (Phi) is 7.30. The lowest BCUT2D eigenvalue weighted by Crippen LogP contribution is -2.59. The number of fused-ring (bicyclic) bond motifs is 1. The van der Waals surface area contributed by atoms with Crippen molar-refractivity contribution in [3.63, 3.8) is 0 Å². The molecule has 6 nitrogen and oxygen atoms in total. The van der Waals surface area contributed by atoms with E-state index in [0.29, 0.717) is 11.5 Å². The number of carboxylic acid groups (broad SMARTS) is 1. The van der Waals surface area contributed by atoms with Gasteiger partial charge in [-0.15, -0.1) is 0 Å². The van der Waals surface area contributed by atoms with Crippen LogP contribution >= 0.6 is 0 Å². The molecule has 6 heteroatoms. The topological polar surface area (TPSA) is 84.9 Å². The maximum Gasteiger partial charge on any atom is 0.314 e. The van der Waals surface area contributed by atoms with E-state index in [-0.39, 0.29) is 19.2 Å². The summed E-state index contributed by atoms with van der Waals surface area (Å²) in [5.74, 6) is 0.597. The van der Waals surface area contributed by atoms with E-state index in [4.69, 9.17) is 14.6 Å². The molecule has 1 saturated heterocycles. The first kappa shape index (κ1) is 23.6. The third-order valence-electron chi connectivity index (χ3n) is 6.95. The van der Waals surface area contributed by atoms with Crippen molar-refractivity contribution in [3.8, 4) is 5.75 Å². The van der Waals surface area contributed by atoms with Gasteiger partial charge in [-0.2, -0.15) is 0 Å². The highest BCUT2D eigenvalue weighted by molar-refractivity contribution is 5.75. The average molecular weight is 432 g/mol. The summed E-state index contributed by atoms with van der Waals surface area (Å²) in [6.45, 7) is 8.26. The summed E-state index contributed by atoms with van der Waals surface area (Å²) in [4.78, 5) is 21.3. The molecule has 0 amide bonds. The van der Waals surface area contributed by atoms with E-state index in [9.17, 15) is 9.59 Å². The molecule has 2 aliphatic carbocycles. The second-order valence-electron chi connectivity index (χ2n) is 10.0. The Hall–Kier alpha value is -2.08. The fourth-order valence-corrected chi connectivity index (χ4v) is 5.36. The molecule has 1 heterocycles. The van der Waals surface area contributed by atoms with Crippen LogP contribution in [0.2, 0.25) is 0 Å². The number of hydrogen-bond acceptors (Lipinski definition) is 5. The highest BCUT2D eigenvalue weighted by atomic mass is 16.7. The van der Waals surface area contributed by atoms with E-state index in [1.807, 2.05) is 26.8 Å². The lowest BCUT2D eigenvalue weighted by Gasteiger charge is -2.56. The van der Waals surface area contributed by atoms with E-state index in [2.05, 4.69) is 17.4 Å². The fourth-order valence-electron chi connectivity index (χ4n) is 5.36. The zero-order valence-electron chi connectivity index (χ0n) is 19.3. The number of carbonyl (C=O) groups excluding carboxylic acids is 1. The van der Waals surface area contributed by atoms with Crippen LogP contribution in [0.25, 0.3) is 0 Å². The smallest absolute Gasteiger partial charge is 0.314 e. The lowest BCUT2D eigenvalue weighted by molar-refractivity contribution is -0.159. The summed E-state index contributed by atoms with van der Waals surface area (Å²) in [5, 5.41) is 11.5. The number of carboxylic acids is 1. The highest BCUT2D eigenvalue weighted by Gasteiger charge is 2.51. The Morgan fingerprint density at radius 3 is 2.65 bits per heavy atom. The van der Waals surface area contributed by atoms with Gasteiger partial charge in [0.1, 0.15) is 5.75 Å². The standard InChI is InChI=1S/C22H31NO3.C3H6O2/c1-21(2,3)20(24)26-14-25-16-8-7-15-12-19-17-6-4-5-9-22(17,10-11-23-19)18(15)13-16;1-2-3(4)5/h7-8,13,17,19,23H,4-6,9-12,14H2,1-3H3;2H2,1H3,(H,4,5)/t17-,19+,22+;/m1./s1. The molecule has 0 unspecified atom stereocenters. The second kappa shape index (κ2) is 9.60. The van der Waals surface area contributed by atoms with Gasteiger partial charge in [-0.05, 0) is 82.2 Å². The van der Waals surface area contributed by atoms with Gasteiger partial charge in [-0.25, -0.2) is 0 Å². The van der Waals surface area contributed by atoms with Gasteiger partial charge in [0.2, 0.25) is 6.79 Å². The molecule has 1 aromatic rings. The molecule has 3 atom stereocenters. The molecule has 2 bridgehead atoms.